The van der Waals surface area contributed by atoms with Crippen molar-refractivity contribution in [2.75, 3.05) is 0 Å². The van der Waals surface area contributed by atoms with Gasteiger partial charge in [-0.2, -0.15) is 5.10 Å². The van der Waals surface area contributed by atoms with E-state index >= 15 is 0 Å². The molecule has 1 N–H and O–H groups in total. The molecule has 1 rings (SSSR count). The van der Waals surface area contributed by atoms with E-state index in [1.54, 1.807) is 0 Å². The highest BCUT2D eigenvalue weighted by Crippen LogP contribution is 2.14. The van der Waals surface area contributed by atoms with Crippen LogP contribution in [0.15, 0.2) is 9.59 Å². The fourth-order valence-corrected chi connectivity index (χ4v) is 0.969. The summed E-state index contributed by atoms with van der Waals surface area (Å²) in [5.41, 5.74) is -0.873. The van der Waals surface area contributed by atoms with Crippen molar-refractivity contribution in [3.05, 3.63) is 26.5 Å². The zero-order chi connectivity index (χ0) is 10.2. The largest absolute Gasteiger partial charge is 0.344 e. The van der Waals surface area contributed by atoms with Gasteiger partial charge in [0.2, 0.25) is 0 Å². The Bertz CT molecular complexity index is 422. The molecule has 13 heavy (non-hydrogen) atoms. The Hall–Kier alpha value is -1.39. The smallest absolute Gasteiger partial charge is 0.271 e. The van der Waals surface area contributed by atoms with Gasteiger partial charge < -0.3 is 0 Å². The summed E-state index contributed by atoms with van der Waals surface area (Å²) >= 11 is 0. The van der Waals surface area contributed by atoms with Gasteiger partial charge in [0.25, 0.3) is 5.56 Å². The highest BCUT2D eigenvalue weighted by molar-refractivity contribution is 5.06. The number of aromatic amines is 1. The van der Waals surface area contributed by atoms with E-state index in [1.807, 2.05) is 20.8 Å². The highest BCUT2D eigenvalue weighted by Gasteiger charge is 2.20. The van der Waals surface area contributed by atoms with Crippen LogP contribution in [0.4, 0.5) is 0 Å². The first-order chi connectivity index (χ1) is 5.82. The Morgan fingerprint density at radius 1 is 1.31 bits per heavy atom. The van der Waals surface area contributed by atoms with Crippen LogP contribution >= 0.6 is 0 Å². The predicted molar refractivity (Wildman–Crippen MR) is 48.8 cm³/mol. The van der Waals surface area contributed by atoms with Crippen LogP contribution in [0.3, 0.4) is 0 Å². The summed E-state index contributed by atoms with van der Waals surface area (Å²) in [6.45, 7) is 5.61. The van der Waals surface area contributed by atoms with Gasteiger partial charge in [-0.3, -0.25) is 9.78 Å². The van der Waals surface area contributed by atoms with Crippen LogP contribution in [0.1, 0.15) is 26.5 Å². The van der Waals surface area contributed by atoms with Gasteiger partial charge in [0.1, 0.15) is 5.69 Å². The number of hydrogen-bond acceptors (Lipinski definition) is 3. The summed E-state index contributed by atoms with van der Waals surface area (Å²) in [5, 5.41) is 3.90. The average molecular weight is 183 g/mol. The SMILES string of the molecule is Cn1nc(C(C)(C)C)c(=O)[nH]c1=O. The van der Waals surface area contributed by atoms with Crippen LogP contribution in [0, 0.1) is 0 Å². The molecular formula is C8H13N3O2. The van der Waals surface area contributed by atoms with Crippen molar-refractivity contribution in [1.82, 2.24) is 14.8 Å². The Morgan fingerprint density at radius 3 is 2.31 bits per heavy atom. The third-order valence-corrected chi connectivity index (χ3v) is 1.69. The molecule has 1 heterocycles. The first kappa shape index (κ1) is 9.70. The van der Waals surface area contributed by atoms with Gasteiger partial charge in [-0.25, -0.2) is 9.48 Å². The summed E-state index contributed by atoms with van der Waals surface area (Å²) < 4.78 is 1.13. The summed E-state index contributed by atoms with van der Waals surface area (Å²) in [6.07, 6.45) is 0. The maximum absolute atomic E-state index is 11.3. The molecule has 0 amide bonds. The molecule has 0 unspecified atom stereocenters. The molecule has 0 saturated carbocycles. The number of H-pyrrole nitrogens is 1. The molecular weight excluding hydrogens is 170 g/mol. The second kappa shape index (κ2) is 2.83. The zero-order valence-electron chi connectivity index (χ0n) is 8.21. The normalized spacial score (nSPS) is 11.7. The quantitative estimate of drug-likeness (QED) is 0.604. The molecule has 0 saturated heterocycles. The van der Waals surface area contributed by atoms with Gasteiger partial charge in [0, 0.05) is 12.5 Å². The van der Waals surface area contributed by atoms with E-state index in [1.165, 1.54) is 7.05 Å². The van der Waals surface area contributed by atoms with Crippen LogP contribution in [0.5, 0.6) is 0 Å². The molecule has 0 aliphatic heterocycles. The van der Waals surface area contributed by atoms with E-state index in [4.69, 9.17) is 0 Å². The standard InChI is InChI=1S/C8H13N3O2/c1-8(2,3)5-6(12)9-7(13)11(4)10-5/h1-4H3,(H,9,12,13). The van der Waals surface area contributed by atoms with Gasteiger partial charge in [0.05, 0.1) is 0 Å². The third-order valence-electron chi connectivity index (χ3n) is 1.69. The number of rotatable bonds is 0. The molecule has 1 aromatic heterocycles. The Balaban J connectivity index is 3.51. The fourth-order valence-electron chi connectivity index (χ4n) is 0.969. The van der Waals surface area contributed by atoms with Crippen molar-refractivity contribution in [2.45, 2.75) is 26.2 Å². The zero-order valence-corrected chi connectivity index (χ0v) is 8.21. The van der Waals surface area contributed by atoms with E-state index in [9.17, 15) is 9.59 Å². The molecule has 0 aliphatic carbocycles. The topological polar surface area (TPSA) is 67.8 Å². The summed E-state index contributed by atoms with van der Waals surface area (Å²) in [6, 6.07) is 0. The lowest BCUT2D eigenvalue weighted by Gasteiger charge is -2.15. The molecule has 0 atom stereocenters. The molecule has 5 nitrogen and oxygen atoms in total. The van der Waals surface area contributed by atoms with Gasteiger partial charge in [0.15, 0.2) is 0 Å². The molecule has 72 valence electrons. The van der Waals surface area contributed by atoms with E-state index in [0.29, 0.717) is 5.69 Å². The number of hydrogen-bond donors (Lipinski definition) is 1. The molecule has 1 aromatic rings. The molecule has 5 heteroatoms. The molecule has 0 fully saturated rings. The number of nitrogens with one attached hydrogen (secondary N) is 1. The van der Waals surface area contributed by atoms with Gasteiger partial charge in [-0.15, -0.1) is 0 Å². The lowest BCUT2D eigenvalue weighted by Crippen LogP contribution is -2.37. The third kappa shape index (κ3) is 1.85. The van der Waals surface area contributed by atoms with Crippen LogP contribution in [0.2, 0.25) is 0 Å². The van der Waals surface area contributed by atoms with Crippen LogP contribution in [-0.4, -0.2) is 14.8 Å². The van der Waals surface area contributed by atoms with Crippen molar-refractivity contribution in [3.8, 4) is 0 Å². The summed E-state index contributed by atoms with van der Waals surface area (Å²) in [5.74, 6) is 0. The van der Waals surface area contributed by atoms with Gasteiger partial charge in [-0.05, 0) is 0 Å². The highest BCUT2D eigenvalue weighted by atomic mass is 16.2. The molecule has 0 bridgehead atoms. The van der Waals surface area contributed by atoms with Crippen molar-refractivity contribution in [3.63, 3.8) is 0 Å². The second-order valence-electron chi connectivity index (χ2n) is 3.98. The van der Waals surface area contributed by atoms with Gasteiger partial charge >= 0.3 is 5.69 Å². The first-order valence-electron chi connectivity index (χ1n) is 4.00. The van der Waals surface area contributed by atoms with Crippen molar-refractivity contribution in [1.29, 1.82) is 0 Å². The summed E-state index contributed by atoms with van der Waals surface area (Å²) in [4.78, 5) is 24.5. The van der Waals surface area contributed by atoms with Crippen LogP contribution in [-0.2, 0) is 12.5 Å². The lowest BCUT2D eigenvalue weighted by molar-refractivity contribution is 0.511. The Morgan fingerprint density at radius 2 is 1.85 bits per heavy atom. The van der Waals surface area contributed by atoms with Crippen LogP contribution in [0.25, 0.3) is 0 Å². The van der Waals surface area contributed by atoms with E-state index in [2.05, 4.69) is 10.1 Å². The van der Waals surface area contributed by atoms with E-state index < -0.39 is 11.2 Å². The summed E-state index contributed by atoms with van der Waals surface area (Å²) in [7, 11) is 1.51. The minimum absolute atomic E-state index is 0.348. The minimum Gasteiger partial charge on any atom is -0.271 e. The molecule has 0 spiro atoms. The minimum atomic E-state index is -0.488. The molecule has 0 radical (unpaired) electrons. The van der Waals surface area contributed by atoms with Crippen molar-refractivity contribution < 1.29 is 0 Å². The lowest BCUT2D eigenvalue weighted by atomic mass is 9.93. The number of aromatic nitrogens is 3. The molecule has 0 aliphatic rings. The second-order valence-corrected chi connectivity index (χ2v) is 3.98. The fraction of sp³-hybridized carbons (Fsp3) is 0.625. The Labute approximate surface area is 75.4 Å². The van der Waals surface area contributed by atoms with E-state index in [0.717, 1.165) is 4.68 Å². The Kier molecular flexibility index (Phi) is 2.11. The van der Waals surface area contributed by atoms with Gasteiger partial charge in [-0.1, -0.05) is 20.8 Å². The number of aryl methyl sites for hydroxylation is 1. The first-order valence-corrected chi connectivity index (χ1v) is 4.00. The maximum Gasteiger partial charge on any atom is 0.344 e. The average Bonchev–Trinajstić information content (AvgIpc) is 1.94. The van der Waals surface area contributed by atoms with E-state index in [-0.39, 0.29) is 5.41 Å². The predicted octanol–water partition coefficient (Wildman–Crippen LogP) is -0.234. The van der Waals surface area contributed by atoms with Crippen molar-refractivity contribution in [2.24, 2.45) is 7.05 Å². The van der Waals surface area contributed by atoms with Crippen molar-refractivity contribution >= 4 is 0 Å². The number of nitrogens with zero attached hydrogens (tertiary/aromatic N) is 2. The van der Waals surface area contributed by atoms with Crippen LogP contribution < -0.4 is 11.2 Å². The monoisotopic (exact) mass is 183 g/mol. The maximum atomic E-state index is 11.3. The molecule has 0 aromatic carbocycles.